The van der Waals surface area contributed by atoms with Crippen molar-refractivity contribution in [1.29, 1.82) is 0 Å². The van der Waals surface area contributed by atoms with Gasteiger partial charge in [-0.25, -0.2) is 4.79 Å². The van der Waals surface area contributed by atoms with Crippen LogP contribution in [-0.4, -0.2) is 36.5 Å². The highest BCUT2D eigenvalue weighted by molar-refractivity contribution is 6.35. The fourth-order valence-electron chi connectivity index (χ4n) is 2.53. The molecule has 1 aliphatic rings. The van der Waals surface area contributed by atoms with Gasteiger partial charge >= 0.3 is 6.03 Å². The number of amides is 3. The summed E-state index contributed by atoms with van der Waals surface area (Å²) in [6.45, 7) is 1.00. The second-order valence-electron chi connectivity index (χ2n) is 5.36. The number of carbonyl (C=O) groups is 2. The molecule has 0 radical (unpaired) electrons. The van der Waals surface area contributed by atoms with Gasteiger partial charge in [0.05, 0.1) is 10.7 Å². The fraction of sp³-hybridized carbons (Fsp3) is 0.176. The molecule has 0 aromatic heterocycles. The first-order chi connectivity index (χ1) is 11.5. The number of nitrogens with one attached hydrogen (secondary N) is 1. The molecule has 1 saturated heterocycles. The molecular formula is C17H15Cl2N3O2. The van der Waals surface area contributed by atoms with Crippen LogP contribution in [0, 0.1) is 0 Å². The molecule has 2 aromatic carbocycles. The first kappa shape index (κ1) is 16.6. The van der Waals surface area contributed by atoms with Gasteiger partial charge in [0.2, 0.25) is 5.91 Å². The van der Waals surface area contributed by atoms with E-state index < -0.39 is 0 Å². The molecule has 24 heavy (non-hydrogen) atoms. The van der Waals surface area contributed by atoms with Gasteiger partial charge in [-0.15, -0.1) is 0 Å². The van der Waals surface area contributed by atoms with E-state index in [1.807, 2.05) is 30.3 Å². The lowest BCUT2D eigenvalue weighted by Gasteiger charge is -2.18. The second-order valence-corrected chi connectivity index (χ2v) is 6.21. The van der Waals surface area contributed by atoms with Crippen LogP contribution in [-0.2, 0) is 4.79 Å². The zero-order valence-corrected chi connectivity index (χ0v) is 14.2. The summed E-state index contributed by atoms with van der Waals surface area (Å²) in [5.41, 5.74) is 1.25. The number of para-hydroxylation sites is 1. The summed E-state index contributed by atoms with van der Waals surface area (Å²) in [6.07, 6.45) is 0. The summed E-state index contributed by atoms with van der Waals surface area (Å²) >= 11 is 11.9. The van der Waals surface area contributed by atoms with Gasteiger partial charge in [0.1, 0.15) is 6.54 Å². The summed E-state index contributed by atoms with van der Waals surface area (Å²) in [4.78, 5) is 27.8. The van der Waals surface area contributed by atoms with E-state index in [0.29, 0.717) is 28.8 Å². The van der Waals surface area contributed by atoms with Crippen molar-refractivity contribution in [2.24, 2.45) is 0 Å². The first-order valence-electron chi connectivity index (χ1n) is 7.41. The van der Waals surface area contributed by atoms with Crippen LogP contribution in [0.5, 0.6) is 0 Å². The van der Waals surface area contributed by atoms with Crippen LogP contribution >= 0.6 is 23.2 Å². The molecule has 5 nitrogen and oxygen atoms in total. The molecule has 124 valence electrons. The Hall–Kier alpha value is -2.24. The minimum atomic E-state index is -0.317. The summed E-state index contributed by atoms with van der Waals surface area (Å²) in [5.74, 6) is -0.317. The molecule has 0 saturated carbocycles. The number of carbonyl (C=O) groups excluding carboxylic acids is 2. The third-order valence-electron chi connectivity index (χ3n) is 3.70. The Morgan fingerprint density at radius 3 is 2.58 bits per heavy atom. The molecule has 2 aromatic rings. The third-order valence-corrected chi connectivity index (χ3v) is 4.26. The number of rotatable bonds is 4. The molecule has 0 unspecified atom stereocenters. The average molecular weight is 364 g/mol. The predicted octanol–water partition coefficient (Wildman–Crippen LogP) is 3.87. The van der Waals surface area contributed by atoms with Crippen LogP contribution in [0.25, 0.3) is 0 Å². The van der Waals surface area contributed by atoms with Crippen molar-refractivity contribution in [3.8, 4) is 0 Å². The van der Waals surface area contributed by atoms with Crippen LogP contribution in [0.1, 0.15) is 0 Å². The summed E-state index contributed by atoms with van der Waals surface area (Å²) in [7, 11) is 0. The van der Waals surface area contributed by atoms with Gasteiger partial charge in [0.25, 0.3) is 0 Å². The smallest absolute Gasteiger partial charge is 0.323 e. The molecule has 7 heteroatoms. The van der Waals surface area contributed by atoms with E-state index in [1.165, 1.54) is 4.90 Å². The Bertz CT molecular complexity index is 768. The van der Waals surface area contributed by atoms with E-state index in [9.17, 15) is 9.59 Å². The Balaban J connectivity index is 1.63. The average Bonchev–Trinajstić information content (AvgIpc) is 2.92. The van der Waals surface area contributed by atoms with E-state index >= 15 is 0 Å². The van der Waals surface area contributed by atoms with E-state index in [0.717, 1.165) is 5.69 Å². The summed E-state index contributed by atoms with van der Waals surface area (Å²) in [5, 5.41) is 3.55. The SMILES string of the molecule is O=C(CN1CCN(c2ccccc2)C1=O)Nc1cc(Cl)ccc1Cl. The highest BCUT2D eigenvalue weighted by Gasteiger charge is 2.30. The number of hydrogen-bond acceptors (Lipinski definition) is 2. The lowest BCUT2D eigenvalue weighted by atomic mass is 10.3. The minimum Gasteiger partial charge on any atom is -0.323 e. The van der Waals surface area contributed by atoms with E-state index in [4.69, 9.17) is 23.2 Å². The lowest BCUT2D eigenvalue weighted by molar-refractivity contribution is -0.116. The van der Waals surface area contributed by atoms with E-state index in [1.54, 1.807) is 23.1 Å². The number of nitrogens with zero attached hydrogens (tertiary/aromatic N) is 2. The maximum atomic E-state index is 12.4. The van der Waals surface area contributed by atoms with Gasteiger partial charge in [0, 0.05) is 23.8 Å². The standard InChI is InChI=1S/C17H15Cl2N3O2/c18-12-6-7-14(19)15(10-12)20-16(23)11-21-8-9-22(17(21)24)13-4-2-1-3-5-13/h1-7,10H,8-9,11H2,(H,20,23). The largest absolute Gasteiger partial charge is 0.325 e. The van der Waals surface area contributed by atoms with Crippen LogP contribution in [0.15, 0.2) is 48.5 Å². The number of urea groups is 1. The quantitative estimate of drug-likeness (QED) is 0.895. The highest BCUT2D eigenvalue weighted by Crippen LogP contribution is 2.25. The minimum absolute atomic E-state index is 0.0367. The monoisotopic (exact) mass is 363 g/mol. The molecule has 1 fully saturated rings. The van der Waals surface area contributed by atoms with Crippen LogP contribution < -0.4 is 10.2 Å². The fourth-order valence-corrected chi connectivity index (χ4v) is 2.87. The van der Waals surface area contributed by atoms with Gasteiger partial charge < -0.3 is 10.2 Å². The molecule has 0 bridgehead atoms. The van der Waals surface area contributed by atoms with Gasteiger partial charge in [0.15, 0.2) is 0 Å². The maximum absolute atomic E-state index is 12.4. The highest BCUT2D eigenvalue weighted by atomic mass is 35.5. The Labute approximate surface area is 149 Å². The topological polar surface area (TPSA) is 52.7 Å². The normalized spacial score (nSPS) is 14.2. The molecule has 1 aliphatic heterocycles. The van der Waals surface area contributed by atoms with Crippen molar-refractivity contribution in [3.05, 3.63) is 58.6 Å². The number of halogens is 2. The summed E-state index contributed by atoms with van der Waals surface area (Å²) in [6, 6.07) is 14.0. The van der Waals surface area contributed by atoms with Gasteiger partial charge in [-0.2, -0.15) is 0 Å². The van der Waals surface area contributed by atoms with Crippen molar-refractivity contribution in [3.63, 3.8) is 0 Å². The van der Waals surface area contributed by atoms with E-state index in [2.05, 4.69) is 5.32 Å². The molecule has 3 amide bonds. The Kier molecular flexibility index (Phi) is 4.92. The number of anilines is 2. The van der Waals surface area contributed by atoms with Crippen molar-refractivity contribution < 1.29 is 9.59 Å². The van der Waals surface area contributed by atoms with Gasteiger partial charge in [-0.3, -0.25) is 9.69 Å². The molecule has 0 spiro atoms. The molecule has 1 N–H and O–H groups in total. The maximum Gasteiger partial charge on any atom is 0.325 e. The lowest BCUT2D eigenvalue weighted by Crippen LogP contribution is -2.37. The predicted molar refractivity (Wildman–Crippen MR) is 95.8 cm³/mol. The van der Waals surface area contributed by atoms with E-state index in [-0.39, 0.29) is 18.5 Å². The van der Waals surface area contributed by atoms with Gasteiger partial charge in [-0.1, -0.05) is 41.4 Å². The van der Waals surface area contributed by atoms with Crippen molar-refractivity contribution in [1.82, 2.24) is 4.90 Å². The molecule has 0 atom stereocenters. The van der Waals surface area contributed by atoms with Gasteiger partial charge in [-0.05, 0) is 30.3 Å². The molecule has 0 aliphatic carbocycles. The summed E-state index contributed by atoms with van der Waals surface area (Å²) < 4.78 is 0. The molecule has 3 rings (SSSR count). The van der Waals surface area contributed by atoms with Crippen LogP contribution in [0.2, 0.25) is 10.0 Å². The van der Waals surface area contributed by atoms with Crippen molar-refractivity contribution in [2.75, 3.05) is 29.9 Å². The third kappa shape index (κ3) is 3.63. The first-order valence-corrected chi connectivity index (χ1v) is 8.16. The zero-order valence-electron chi connectivity index (χ0n) is 12.7. The van der Waals surface area contributed by atoms with Crippen LogP contribution in [0.4, 0.5) is 16.2 Å². The van der Waals surface area contributed by atoms with Crippen molar-refractivity contribution in [2.45, 2.75) is 0 Å². The number of hydrogen-bond donors (Lipinski definition) is 1. The second kappa shape index (κ2) is 7.11. The molecular weight excluding hydrogens is 349 g/mol. The van der Waals surface area contributed by atoms with Crippen LogP contribution in [0.3, 0.4) is 0 Å². The molecule has 1 heterocycles. The Morgan fingerprint density at radius 1 is 1.08 bits per heavy atom. The zero-order chi connectivity index (χ0) is 17.1. The number of benzene rings is 2. The van der Waals surface area contributed by atoms with Crippen molar-refractivity contribution >= 4 is 46.5 Å². The Morgan fingerprint density at radius 2 is 1.83 bits per heavy atom.